The minimum absolute atomic E-state index is 0.137. The van der Waals surface area contributed by atoms with Crippen molar-refractivity contribution >= 4 is 39.8 Å². The largest absolute Gasteiger partial charge is 0.399 e. The van der Waals surface area contributed by atoms with Crippen molar-refractivity contribution in [1.82, 2.24) is 9.97 Å². The molecule has 3 aromatic rings. The first kappa shape index (κ1) is 13.4. The van der Waals surface area contributed by atoms with E-state index in [0.717, 1.165) is 0 Å². The van der Waals surface area contributed by atoms with Crippen LogP contribution in [0.15, 0.2) is 41.2 Å². The van der Waals surface area contributed by atoms with Crippen molar-refractivity contribution in [1.29, 1.82) is 0 Å². The second kappa shape index (κ2) is 5.06. The third-order valence-electron chi connectivity index (χ3n) is 2.91. The van der Waals surface area contributed by atoms with Crippen LogP contribution in [0.1, 0.15) is 0 Å². The number of hydrogen-bond acceptors (Lipinski definition) is 4. The Kier molecular flexibility index (Phi) is 3.23. The average Bonchev–Trinajstić information content (AvgIpc) is 2.43. The van der Waals surface area contributed by atoms with Gasteiger partial charge in [0.2, 0.25) is 5.95 Å². The first-order valence-electron chi connectivity index (χ1n) is 6.04. The van der Waals surface area contributed by atoms with Gasteiger partial charge in [0.25, 0.3) is 5.56 Å². The highest BCUT2D eigenvalue weighted by Crippen LogP contribution is 2.21. The molecule has 4 N–H and O–H groups in total. The summed E-state index contributed by atoms with van der Waals surface area (Å²) < 4.78 is 13.7. The molecule has 0 aliphatic rings. The van der Waals surface area contributed by atoms with Crippen LogP contribution in [0.4, 0.5) is 21.7 Å². The summed E-state index contributed by atoms with van der Waals surface area (Å²) in [5.74, 6) is -0.402. The number of aromatic nitrogens is 2. The summed E-state index contributed by atoms with van der Waals surface area (Å²) in [5.41, 5.74) is 6.37. The molecule has 106 valence electrons. The number of anilines is 3. The SMILES string of the molecule is Nc1ccc2nc(Nc3ccc(Cl)cc3F)[nH]c(=O)c2c1. The number of benzene rings is 2. The number of nitrogen functional groups attached to an aromatic ring is 1. The molecular weight excluding hydrogens is 295 g/mol. The molecule has 0 spiro atoms. The summed E-state index contributed by atoms with van der Waals surface area (Å²) in [6.45, 7) is 0. The number of halogens is 2. The third kappa shape index (κ3) is 2.66. The predicted molar refractivity (Wildman–Crippen MR) is 81.5 cm³/mol. The number of nitrogens with one attached hydrogen (secondary N) is 2. The van der Waals surface area contributed by atoms with E-state index in [0.29, 0.717) is 16.6 Å². The number of fused-ring (bicyclic) bond motifs is 1. The summed E-state index contributed by atoms with van der Waals surface area (Å²) in [6.07, 6.45) is 0. The average molecular weight is 305 g/mol. The van der Waals surface area contributed by atoms with Gasteiger partial charge in [-0.3, -0.25) is 9.78 Å². The van der Waals surface area contributed by atoms with Crippen molar-refractivity contribution < 1.29 is 4.39 Å². The predicted octanol–water partition coefficient (Wildman–Crippen LogP) is 3.04. The molecule has 21 heavy (non-hydrogen) atoms. The Balaban J connectivity index is 2.05. The minimum atomic E-state index is -0.539. The number of nitrogens with two attached hydrogens (primary N) is 1. The van der Waals surface area contributed by atoms with Crippen LogP contribution in [-0.2, 0) is 0 Å². The molecule has 7 heteroatoms. The fourth-order valence-corrected chi connectivity index (χ4v) is 2.09. The molecule has 3 rings (SSSR count). The fraction of sp³-hybridized carbons (Fsp3) is 0. The lowest BCUT2D eigenvalue weighted by Gasteiger charge is -2.08. The van der Waals surface area contributed by atoms with E-state index in [1.54, 1.807) is 12.1 Å². The maximum absolute atomic E-state index is 13.7. The summed E-state index contributed by atoms with van der Waals surface area (Å²) in [6, 6.07) is 8.97. The minimum Gasteiger partial charge on any atom is -0.399 e. The number of H-pyrrole nitrogens is 1. The van der Waals surface area contributed by atoms with Crippen LogP contribution in [0, 0.1) is 5.82 Å². The topological polar surface area (TPSA) is 83.8 Å². The molecule has 0 amide bonds. The van der Waals surface area contributed by atoms with E-state index in [9.17, 15) is 9.18 Å². The van der Waals surface area contributed by atoms with Gasteiger partial charge in [0.05, 0.1) is 16.6 Å². The standard InChI is InChI=1S/C14H10ClFN4O/c15-7-1-3-12(10(16)5-7)19-14-18-11-4-2-8(17)6-9(11)13(21)20-14/h1-6H,17H2,(H2,18,19,20,21). The van der Waals surface area contributed by atoms with Gasteiger partial charge in [-0.15, -0.1) is 0 Å². The maximum atomic E-state index is 13.7. The highest BCUT2D eigenvalue weighted by atomic mass is 35.5. The summed E-state index contributed by atoms with van der Waals surface area (Å²) in [5, 5.41) is 3.37. The molecule has 0 atom stereocenters. The van der Waals surface area contributed by atoms with Crippen LogP contribution >= 0.6 is 11.6 Å². The summed E-state index contributed by atoms with van der Waals surface area (Å²) in [4.78, 5) is 18.7. The molecule has 0 radical (unpaired) electrons. The molecule has 0 saturated carbocycles. The quantitative estimate of drug-likeness (QED) is 0.635. The van der Waals surface area contributed by atoms with Gasteiger partial charge >= 0.3 is 0 Å². The molecule has 0 saturated heterocycles. The van der Waals surface area contributed by atoms with Crippen molar-refractivity contribution in [3.8, 4) is 0 Å². The van der Waals surface area contributed by atoms with Crippen molar-refractivity contribution in [2.45, 2.75) is 0 Å². The first-order valence-corrected chi connectivity index (χ1v) is 6.42. The summed E-state index contributed by atoms with van der Waals surface area (Å²) >= 11 is 5.69. The number of hydrogen-bond donors (Lipinski definition) is 3. The second-order valence-electron chi connectivity index (χ2n) is 4.44. The number of aromatic amines is 1. The van der Waals surface area contributed by atoms with E-state index >= 15 is 0 Å². The van der Waals surface area contributed by atoms with Gasteiger partial charge < -0.3 is 11.1 Å². The van der Waals surface area contributed by atoms with Gasteiger partial charge in [0.15, 0.2) is 0 Å². The first-order chi connectivity index (χ1) is 10.0. The zero-order valence-electron chi connectivity index (χ0n) is 10.7. The van der Waals surface area contributed by atoms with Gasteiger partial charge in [-0.1, -0.05) is 11.6 Å². The summed E-state index contributed by atoms with van der Waals surface area (Å²) in [7, 11) is 0. The van der Waals surface area contributed by atoms with Crippen LogP contribution in [-0.4, -0.2) is 9.97 Å². The van der Waals surface area contributed by atoms with Crippen LogP contribution in [0.5, 0.6) is 0 Å². The molecule has 1 heterocycles. The molecule has 0 bridgehead atoms. The Morgan fingerprint density at radius 1 is 1.24 bits per heavy atom. The van der Waals surface area contributed by atoms with Gasteiger partial charge in [-0.25, -0.2) is 9.37 Å². The van der Waals surface area contributed by atoms with E-state index in [-0.39, 0.29) is 22.2 Å². The van der Waals surface area contributed by atoms with Crippen LogP contribution < -0.4 is 16.6 Å². The van der Waals surface area contributed by atoms with Crippen LogP contribution in [0.3, 0.4) is 0 Å². The smallest absolute Gasteiger partial charge is 0.260 e. The van der Waals surface area contributed by atoms with Crippen molar-refractivity contribution in [3.63, 3.8) is 0 Å². The molecule has 0 aliphatic carbocycles. The highest BCUT2D eigenvalue weighted by Gasteiger charge is 2.07. The monoisotopic (exact) mass is 304 g/mol. The molecular formula is C14H10ClFN4O. The second-order valence-corrected chi connectivity index (χ2v) is 4.88. The Morgan fingerprint density at radius 3 is 2.81 bits per heavy atom. The van der Waals surface area contributed by atoms with Gasteiger partial charge in [-0.2, -0.15) is 0 Å². The van der Waals surface area contributed by atoms with Crippen LogP contribution in [0.2, 0.25) is 5.02 Å². The Hall–Kier alpha value is -2.60. The van der Waals surface area contributed by atoms with E-state index in [1.165, 1.54) is 24.3 Å². The molecule has 5 nitrogen and oxygen atoms in total. The number of rotatable bonds is 2. The van der Waals surface area contributed by atoms with E-state index in [4.69, 9.17) is 17.3 Å². The maximum Gasteiger partial charge on any atom is 0.260 e. The molecule has 0 fully saturated rings. The van der Waals surface area contributed by atoms with E-state index < -0.39 is 5.82 Å². The third-order valence-corrected chi connectivity index (χ3v) is 3.15. The lowest BCUT2D eigenvalue weighted by Crippen LogP contribution is -2.12. The van der Waals surface area contributed by atoms with Crippen molar-refractivity contribution in [3.05, 3.63) is 57.6 Å². The van der Waals surface area contributed by atoms with Crippen molar-refractivity contribution in [2.24, 2.45) is 0 Å². The van der Waals surface area contributed by atoms with Crippen LogP contribution in [0.25, 0.3) is 10.9 Å². The molecule has 0 aliphatic heterocycles. The molecule has 0 unspecified atom stereocenters. The zero-order chi connectivity index (χ0) is 15.0. The molecule has 2 aromatic carbocycles. The Labute approximate surface area is 123 Å². The normalized spacial score (nSPS) is 10.8. The van der Waals surface area contributed by atoms with Gasteiger partial charge in [0.1, 0.15) is 5.82 Å². The van der Waals surface area contributed by atoms with Gasteiger partial charge in [0, 0.05) is 10.7 Å². The van der Waals surface area contributed by atoms with E-state index in [1.807, 2.05) is 0 Å². The fourth-order valence-electron chi connectivity index (χ4n) is 1.93. The number of nitrogens with zero attached hydrogens (tertiary/aromatic N) is 1. The van der Waals surface area contributed by atoms with Crippen molar-refractivity contribution in [2.75, 3.05) is 11.1 Å². The van der Waals surface area contributed by atoms with Gasteiger partial charge in [-0.05, 0) is 36.4 Å². The van der Waals surface area contributed by atoms with E-state index in [2.05, 4.69) is 15.3 Å². The molecule has 1 aromatic heterocycles. The highest BCUT2D eigenvalue weighted by molar-refractivity contribution is 6.30. The zero-order valence-corrected chi connectivity index (χ0v) is 11.4. The Morgan fingerprint density at radius 2 is 2.05 bits per heavy atom. The Bertz CT molecular complexity index is 894. The lowest BCUT2D eigenvalue weighted by molar-refractivity contribution is 0.631. The lowest BCUT2D eigenvalue weighted by atomic mass is 10.2.